The zero-order valence-corrected chi connectivity index (χ0v) is 17.2. The van der Waals surface area contributed by atoms with Gasteiger partial charge < -0.3 is 15.4 Å². The number of halogens is 1. The second kappa shape index (κ2) is 8.18. The van der Waals surface area contributed by atoms with Gasteiger partial charge in [-0.05, 0) is 30.3 Å². The summed E-state index contributed by atoms with van der Waals surface area (Å²) in [6.45, 7) is 0. The van der Waals surface area contributed by atoms with Crippen molar-refractivity contribution in [2.45, 2.75) is 11.7 Å². The van der Waals surface area contributed by atoms with Crippen molar-refractivity contribution in [1.82, 2.24) is 4.98 Å². The first-order valence-electron chi connectivity index (χ1n) is 8.55. The molecule has 0 spiro atoms. The third-order valence-electron chi connectivity index (χ3n) is 4.11. The predicted molar refractivity (Wildman–Crippen MR) is 116 cm³/mol. The molecule has 3 N–H and O–H groups in total. The Labute approximate surface area is 177 Å². The van der Waals surface area contributed by atoms with Crippen LogP contribution in [0.4, 0.5) is 11.4 Å². The normalized spacial score (nSPS) is 16.5. The molecule has 1 aliphatic heterocycles. The zero-order chi connectivity index (χ0) is 20.4. The first-order chi connectivity index (χ1) is 14.0. The second-order valence-corrected chi connectivity index (χ2v) is 8.26. The highest BCUT2D eigenvalue weighted by atomic mass is 79.9. The minimum Gasteiger partial charge on any atom is -0.493 e. The smallest absolute Gasteiger partial charge is 0.262 e. The van der Waals surface area contributed by atoms with Crippen molar-refractivity contribution in [3.05, 3.63) is 53.0 Å². The minimum absolute atomic E-state index is 0.0216. The molecule has 1 aromatic heterocycles. The predicted octanol–water partition coefficient (Wildman–Crippen LogP) is 4.75. The molecule has 29 heavy (non-hydrogen) atoms. The summed E-state index contributed by atoms with van der Waals surface area (Å²) in [6.07, 6.45) is -0.0216. The van der Waals surface area contributed by atoms with Crippen LogP contribution >= 0.6 is 27.7 Å². The van der Waals surface area contributed by atoms with E-state index in [1.807, 2.05) is 24.3 Å². The Morgan fingerprint density at radius 1 is 1.24 bits per heavy atom. The summed E-state index contributed by atoms with van der Waals surface area (Å²) in [5.74, 6) is -0.844. The number of thioether (sulfide) groups is 1. The molecular formula is C19H14BrN5O3S. The molecule has 1 aliphatic rings. The van der Waals surface area contributed by atoms with Gasteiger partial charge in [-0.3, -0.25) is 9.59 Å². The fourth-order valence-electron chi connectivity index (χ4n) is 2.78. The molecule has 0 bridgehead atoms. The lowest BCUT2D eigenvalue weighted by atomic mass is 10.2. The molecule has 0 saturated heterocycles. The van der Waals surface area contributed by atoms with Crippen LogP contribution in [0.15, 0.2) is 68.2 Å². The van der Waals surface area contributed by atoms with E-state index in [0.29, 0.717) is 16.6 Å². The number of aromatic amines is 1. The Balaban J connectivity index is 1.43. The Morgan fingerprint density at radius 3 is 2.83 bits per heavy atom. The van der Waals surface area contributed by atoms with E-state index in [1.165, 1.54) is 0 Å². The number of H-pyrrole nitrogens is 1. The summed E-state index contributed by atoms with van der Waals surface area (Å²) in [4.78, 5) is 30.9. The second-order valence-electron chi connectivity index (χ2n) is 6.17. The number of amides is 2. The van der Waals surface area contributed by atoms with Gasteiger partial charge in [0.2, 0.25) is 17.0 Å². The van der Waals surface area contributed by atoms with Crippen LogP contribution in [0.3, 0.4) is 0 Å². The van der Waals surface area contributed by atoms with Gasteiger partial charge in [0.05, 0.1) is 5.52 Å². The number of hydrogen-bond acceptors (Lipinski definition) is 6. The van der Waals surface area contributed by atoms with Gasteiger partial charge >= 0.3 is 0 Å². The molecule has 1 unspecified atom stereocenters. The number of amidine groups is 1. The van der Waals surface area contributed by atoms with Crippen molar-refractivity contribution in [1.29, 1.82) is 0 Å². The van der Waals surface area contributed by atoms with Crippen molar-refractivity contribution in [2.24, 2.45) is 15.2 Å². The van der Waals surface area contributed by atoms with E-state index in [2.05, 4.69) is 41.5 Å². The summed E-state index contributed by atoms with van der Waals surface area (Å²) in [5.41, 5.74) is 1.62. The first kappa shape index (κ1) is 19.3. The van der Waals surface area contributed by atoms with Crippen LogP contribution in [0.25, 0.3) is 10.9 Å². The monoisotopic (exact) mass is 471 g/mol. The maximum absolute atomic E-state index is 12.2. The number of aliphatic imine (C=N–C) groups is 1. The maximum Gasteiger partial charge on any atom is 0.262 e. The van der Waals surface area contributed by atoms with Crippen molar-refractivity contribution in [2.75, 3.05) is 5.32 Å². The molecule has 3 aromatic rings. The average molecular weight is 472 g/mol. The fourth-order valence-corrected chi connectivity index (χ4v) is 4.01. The van der Waals surface area contributed by atoms with Crippen LogP contribution in [0.5, 0.6) is 5.88 Å². The lowest BCUT2D eigenvalue weighted by Crippen LogP contribution is -2.21. The number of nitrogens with one attached hydrogen (secondary N) is 2. The van der Waals surface area contributed by atoms with E-state index >= 15 is 0 Å². The minimum atomic E-state index is -0.654. The fraction of sp³-hybridized carbons (Fsp3) is 0.105. The molecule has 0 fully saturated rings. The van der Waals surface area contributed by atoms with E-state index in [9.17, 15) is 14.7 Å². The quantitative estimate of drug-likeness (QED) is 0.475. The molecule has 2 heterocycles. The highest BCUT2D eigenvalue weighted by Crippen LogP contribution is 2.37. The molecule has 8 nitrogen and oxygen atoms in total. The maximum atomic E-state index is 12.2. The van der Waals surface area contributed by atoms with Gasteiger partial charge in [0.15, 0.2) is 5.69 Å². The Hall–Kier alpha value is -2.98. The number of rotatable bonds is 4. The van der Waals surface area contributed by atoms with Crippen molar-refractivity contribution < 1.29 is 14.7 Å². The van der Waals surface area contributed by atoms with Crippen LogP contribution in [0.2, 0.25) is 0 Å². The molecule has 2 aromatic carbocycles. The van der Waals surface area contributed by atoms with Crippen LogP contribution in [0, 0.1) is 0 Å². The van der Waals surface area contributed by atoms with E-state index in [-0.39, 0.29) is 29.1 Å². The first-order valence-corrected chi connectivity index (χ1v) is 10.2. The molecule has 0 radical (unpaired) electrons. The van der Waals surface area contributed by atoms with Gasteiger partial charge in [-0.25, -0.2) is 0 Å². The van der Waals surface area contributed by atoms with Gasteiger partial charge in [0.25, 0.3) is 5.91 Å². The number of para-hydroxylation sites is 1. The van der Waals surface area contributed by atoms with Gasteiger partial charge in [-0.15, -0.1) is 10.2 Å². The van der Waals surface area contributed by atoms with Gasteiger partial charge in [0.1, 0.15) is 5.25 Å². The molecule has 2 amide bonds. The number of nitrogens with zero attached hydrogens (tertiary/aromatic N) is 3. The number of carbonyl (C=O) groups is 2. The number of fused-ring (bicyclic) bond motifs is 1. The van der Waals surface area contributed by atoms with E-state index in [1.54, 1.807) is 24.3 Å². The van der Waals surface area contributed by atoms with Gasteiger partial charge in [-0.1, -0.05) is 45.9 Å². The van der Waals surface area contributed by atoms with Crippen molar-refractivity contribution in [3.8, 4) is 5.88 Å². The number of benzene rings is 2. The lowest BCUT2D eigenvalue weighted by molar-refractivity contribution is -0.121. The van der Waals surface area contributed by atoms with E-state index in [4.69, 9.17) is 0 Å². The number of carbonyl (C=O) groups excluding carboxylic acids is 2. The summed E-state index contributed by atoms with van der Waals surface area (Å²) in [6, 6.07) is 14.4. The van der Waals surface area contributed by atoms with Crippen LogP contribution in [-0.2, 0) is 9.59 Å². The molecule has 1 atom stereocenters. The molecule has 10 heteroatoms. The number of anilines is 1. The Bertz CT molecular complexity index is 1160. The Morgan fingerprint density at radius 2 is 2.03 bits per heavy atom. The molecule has 0 saturated carbocycles. The lowest BCUT2D eigenvalue weighted by Gasteiger charge is -2.07. The molecule has 4 rings (SSSR count). The topological polar surface area (TPSA) is 119 Å². The third-order valence-corrected chi connectivity index (χ3v) is 5.64. The number of aromatic nitrogens is 1. The summed E-state index contributed by atoms with van der Waals surface area (Å²) >= 11 is 4.45. The van der Waals surface area contributed by atoms with E-state index in [0.717, 1.165) is 16.2 Å². The summed E-state index contributed by atoms with van der Waals surface area (Å²) in [5, 5.41) is 21.0. The van der Waals surface area contributed by atoms with Crippen LogP contribution in [0.1, 0.15) is 6.42 Å². The molecule has 0 aliphatic carbocycles. The molecular weight excluding hydrogens is 458 g/mol. The number of hydrogen-bond donors (Lipinski definition) is 3. The summed E-state index contributed by atoms with van der Waals surface area (Å²) in [7, 11) is 0. The SMILES string of the molecule is O=C(CC1SC(N=Nc2c(O)[nH]c3ccc(Br)cc23)=NC1=O)Nc1ccccc1. The third kappa shape index (κ3) is 4.38. The molecule has 146 valence electrons. The van der Waals surface area contributed by atoms with Crippen molar-refractivity contribution >= 4 is 67.0 Å². The van der Waals surface area contributed by atoms with Crippen LogP contribution in [-0.4, -0.2) is 32.3 Å². The highest BCUT2D eigenvalue weighted by Gasteiger charge is 2.31. The summed E-state index contributed by atoms with van der Waals surface area (Å²) < 4.78 is 0.827. The standard InChI is InChI=1S/C19H14BrN5O3S/c20-10-6-7-13-12(8-10)16(18(28)22-13)24-25-19-23-17(27)14(29-19)9-15(26)21-11-4-2-1-3-5-11/h1-8,14,22,28H,9H2,(H,21,26). The number of aromatic hydroxyl groups is 1. The average Bonchev–Trinajstić information content (AvgIpc) is 3.19. The Kier molecular flexibility index (Phi) is 5.45. The van der Waals surface area contributed by atoms with Crippen LogP contribution < -0.4 is 5.32 Å². The zero-order valence-electron chi connectivity index (χ0n) is 14.8. The van der Waals surface area contributed by atoms with Crippen molar-refractivity contribution in [3.63, 3.8) is 0 Å². The number of azo groups is 1. The largest absolute Gasteiger partial charge is 0.493 e. The van der Waals surface area contributed by atoms with E-state index < -0.39 is 11.2 Å². The van der Waals surface area contributed by atoms with Gasteiger partial charge in [-0.2, -0.15) is 4.99 Å². The highest BCUT2D eigenvalue weighted by molar-refractivity contribution is 9.10. The van der Waals surface area contributed by atoms with Gasteiger partial charge in [0, 0.05) is 22.0 Å².